The van der Waals surface area contributed by atoms with Crippen molar-refractivity contribution in [1.29, 1.82) is 0 Å². The first-order chi connectivity index (χ1) is 7.99. The molecule has 1 rings (SSSR count). The highest BCUT2D eigenvalue weighted by molar-refractivity contribution is 8.00. The van der Waals surface area contributed by atoms with Gasteiger partial charge in [-0.3, -0.25) is 4.79 Å². The van der Waals surface area contributed by atoms with Crippen molar-refractivity contribution < 1.29 is 9.90 Å². The van der Waals surface area contributed by atoms with E-state index in [1.54, 1.807) is 19.1 Å². The summed E-state index contributed by atoms with van der Waals surface area (Å²) >= 11 is 7.24. The average Bonchev–Trinajstić information content (AvgIpc) is 2.28. The quantitative estimate of drug-likeness (QED) is 0.810. The van der Waals surface area contributed by atoms with E-state index in [9.17, 15) is 4.79 Å². The lowest BCUT2D eigenvalue weighted by Gasteiger charge is -2.12. The number of aliphatic hydroxyl groups excluding tert-OH is 1. The molecule has 0 radical (unpaired) electrons. The summed E-state index contributed by atoms with van der Waals surface area (Å²) in [5.74, 6) is -0.0779. The standard InChI is InChI=1S/C12H16ClNO2S/c1-8(15)7-14-12(16)9(2)17-11-5-3-10(13)4-6-11/h3-6,8-9,15H,7H2,1-2H3,(H,14,16)/t8-,9?/m0/s1. The van der Waals surface area contributed by atoms with Crippen LogP contribution >= 0.6 is 23.4 Å². The van der Waals surface area contributed by atoms with Gasteiger partial charge in [0.25, 0.3) is 0 Å². The third kappa shape index (κ3) is 5.44. The van der Waals surface area contributed by atoms with Crippen LogP contribution in [0, 0.1) is 0 Å². The van der Waals surface area contributed by atoms with E-state index in [4.69, 9.17) is 16.7 Å². The third-order valence-electron chi connectivity index (χ3n) is 2.07. The maximum atomic E-state index is 11.6. The van der Waals surface area contributed by atoms with Crippen molar-refractivity contribution in [3.05, 3.63) is 29.3 Å². The molecule has 3 nitrogen and oxygen atoms in total. The molecule has 2 atom stereocenters. The molecule has 17 heavy (non-hydrogen) atoms. The number of thioether (sulfide) groups is 1. The van der Waals surface area contributed by atoms with Crippen LogP contribution in [0.4, 0.5) is 0 Å². The molecule has 0 aliphatic heterocycles. The summed E-state index contributed by atoms with van der Waals surface area (Å²) in [6.45, 7) is 3.75. The number of benzene rings is 1. The summed E-state index contributed by atoms with van der Waals surface area (Å²) in [4.78, 5) is 12.6. The smallest absolute Gasteiger partial charge is 0.233 e. The van der Waals surface area contributed by atoms with Gasteiger partial charge < -0.3 is 10.4 Å². The van der Waals surface area contributed by atoms with E-state index < -0.39 is 6.10 Å². The second kappa shape index (κ2) is 6.89. The topological polar surface area (TPSA) is 49.3 Å². The van der Waals surface area contributed by atoms with Crippen molar-refractivity contribution in [2.24, 2.45) is 0 Å². The van der Waals surface area contributed by atoms with Gasteiger partial charge in [-0.1, -0.05) is 11.6 Å². The number of hydrogen-bond donors (Lipinski definition) is 2. The van der Waals surface area contributed by atoms with E-state index >= 15 is 0 Å². The first-order valence-electron chi connectivity index (χ1n) is 5.37. The highest BCUT2D eigenvalue weighted by Crippen LogP contribution is 2.24. The highest BCUT2D eigenvalue weighted by atomic mass is 35.5. The minimum atomic E-state index is -0.522. The summed E-state index contributed by atoms with van der Waals surface area (Å²) in [5.41, 5.74) is 0. The number of carbonyl (C=O) groups excluding carboxylic acids is 1. The zero-order valence-electron chi connectivity index (χ0n) is 9.81. The van der Waals surface area contributed by atoms with Gasteiger partial charge in [0.15, 0.2) is 0 Å². The third-order valence-corrected chi connectivity index (χ3v) is 3.43. The summed E-state index contributed by atoms with van der Waals surface area (Å²) in [7, 11) is 0. The van der Waals surface area contributed by atoms with Gasteiger partial charge in [-0.2, -0.15) is 0 Å². The van der Waals surface area contributed by atoms with Crippen LogP contribution in [0.15, 0.2) is 29.2 Å². The van der Waals surface area contributed by atoms with E-state index in [1.807, 2.05) is 19.1 Å². The monoisotopic (exact) mass is 273 g/mol. The van der Waals surface area contributed by atoms with E-state index in [0.29, 0.717) is 5.02 Å². The Balaban J connectivity index is 2.45. The van der Waals surface area contributed by atoms with E-state index in [-0.39, 0.29) is 17.7 Å². The molecule has 0 spiro atoms. The number of carbonyl (C=O) groups is 1. The van der Waals surface area contributed by atoms with Crippen molar-refractivity contribution in [2.75, 3.05) is 6.54 Å². The zero-order chi connectivity index (χ0) is 12.8. The molecule has 5 heteroatoms. The molecule has 1 aromatic carbocycles. The number of aliphatic hydroxyl groups is 1. The Morgan fingerprint density at radius 1 is 1.41 bits per heavy atom. The summed E-state index contributed by atoms with van der Waals surface area (Å²) in [6, 6.07) is 7.35. The lowest BCUT2D eigenvalue weighted by molar-refractivity contribution is -0.120. The molecule has 2 N–H and O–H groups in total. The maximum Gasteiger partial charge on any atom is 0.233 e. The Bertz CT molecular complexity index is 367. The number of hydrogen-bond acceptors (Lipinski definition) is 3. The van der Waals surface area contributed by atoms with Gasteiger partial charge in [0.05, 0.1) is 11.4 Å². The van der Waals surface area contributed by atoms with Crippen LogP contribution < -0.4 is 5.32 Å². The SMILES string of the molecule is CC(Sc1ccc(Cl)cc1)C(=O)NC[C@H](C)O. The predicted octanol–water partition coefficient (Wildman–Crippen LogP) is 2.32. The molecule has 0 aliphatic carbocycles. The Kier molecular flexibility index (Phi) is 5.82. The summed E-state index contributed by atoms with van der Waals surface area (Å²) in [5, 5.41) is 12.2. The van der Waals surface area contributed by atoms with Gasteiger partial charge >= 0.3 is 0 Å². The van der Waals surface area contributed by atoms with Gasteiger partial charge in [-0.05, 0) is 38.1 Å². The minimum absolute atomic E-state index is 0.0779. The zero-order valence-corrected chi connectivity index (χ0v) is 11.4. The van der Waals surface area contributed by atoms with Gasteiger partial charge in [-0.25, -0.2) is 0 Å². The van der Waals surface area contributed by atoms with Gasteiger partial charge in [0.1, 0.15) is 0 Å². The number of halogens is 1. The van der Waals surface area contributed by atoms with Gasteiger partial charge in [0.2, 0.25) is 5.91 Å². The fraction of sp³-hybridized carbons (Fsp3) is 0.417. The molecular weight excluding hydrogens is 258 g/mol. The van der Waals surface area contributed by atoms with E-state index in [2.05, 4.69) is 5.32 Å². The largest absolute Gasteiger partial charge is 0.392 e. The Labute approximate surface area is 111 Å². The first kappa shape index (κ1) is 14.4. The number of nitrogens with one attached hydrogen (secondary N) is 1. The van der Waals surface area contributed by atoms with Crippen molar-refractivity contribution in [2.45, 2.75) is 30.1 Å². The van der Waals surface area contributed by atoms with Crippen molar-refractivity contribution in [3.8, 4) is 0 Å². The van der Waals surface area contributed by atoms with Crippen molar-refractivity contribution in [1.82, 2.24) is 5.32 Å². The molecule has 0 aromatic heterocycles. The minimum Gasteiger partial charge on any atom is -0.392 e. The molecule has 0 heterocycles. The van der Waals surface area contributed by atoms with Crippen LogP contribution in [0.3, 0.4) is 0 Å². The van der Waals surface area contributed by atoms with E-state index in [0.717, 1.165) is 4.90 Å². The van der Waals surface area contributed by atoms with Crippen LogP contribution in [0.5, 0.6) is 0 Å². The van der Waals surface area contributed by atoms with Crippen LogP contribution in [0.2, 0.25) is 5.02 Å². The number of rotatable bonds is 5. The van der Waals surface area contributed by atoms with Gasteiger partial charge in [-0.15, -0.1) is 11.8 Å². The van der Waals surface area contributed by atoms with Crippen molar-refractivity contribution >= 4 is 29.3 Å². The summed E-state index contributed by atoms with van der Waals surface area (Å²) in [6.07, 6.45) is -0.522. The first-order valence-corrected chi connectivity index (χ1v) is 6.63. The summed E-state index contributed by atoms with van der Waals surface area (Å²) < 4.78 is 0. The normalized spacial score (nSPS) is 14.1. The molecule has 0 saturated heterocycles. The lowest BCUT2D eigenvalue weighted by atomic mass is 10.3. The number of amides is 1. The van der Waals surface area contributed by atoms with E-state index in [1.165, 1.54) is 11.8 Å². The average molecular weight is 274 g/mol. The van der Waals surface area contributed by atoms with Crippen molar-refractivity contribution in [3.63, 3.8) is 0 Å². The molecule has 1 amide bonds. The van der Waals surface area contributed by atoms with Gasteiger partial charge in [0, 0.05) is 16.5 Å². The molecule has 1 aromatic rings. The Hall–Kier alpha value is -0.710. The molecule has 94 valence electrons. The highest BCUT2D eigenvalue weighted by Gasteiger charge is 2.14. The molecule has 0 saturated carbocycles. The fourth-order valence-electron chi connectivity index (χ4n) is 1.16. The predicted molar refractivity (Wildman–Crippen MR) is 71.5 cm³/mol. The molecule has 0 fully saturated rings. The molecule has 1 unspecified atom stereocenters. The Morgan fingerprint density at radius 2 is 2.00 bits per heavy atom. The molecule has 0 aliphatic rings. The Morgan fingerprint density at radius 3 is 2.53 bits per heavy atom. The molecular formula is C12H16ClNO2S. The second-order valence-corrected chi connectivity index (χ2v) is 5.66. The van der Waals surface area contributed by atoms with Crippen LogP contribution in [-0.4, -0.2) is 28.9 Å². The molecule has 0 bridgehead atoms. The maximum absolute atomic E-state index is 11.6. The van der Waals surface area contributed by atoms with Crippen LogP contribution in [0.25, 0.3) is 0 Å². The van der Waals surface area contributed by atoms with Crippen LogP contribution in [-0.2, 0) is 4.79 Å². The lowest BCUT2D eigenvalue weighted by Crippen LogP contribution is -2.35. The fourth-order valence-corrected chi connectivity index (χ4v) is 2.18. The second-order valence-electron chi connectivity index (χ2n) is 3.81. The van der Waals surface area contributed by atoms with Crippen LogP contribution in [0.1, 0.15) is 13.8 Å².